The Morgan fingerprint density at radius 3 is 2.29 bits per heavy atom. The molecular weight excluding hydrogens is 224 g/mol. The predicted molar refractivity (Wildman–Crippen MR) is 60.5 cm³/mol. The number of benzene rings is 1. The molecule has 0 radical (unpaired) electrons. The molecule has 5 nitrogen and oxygen atoms in total. The van der Waals surface area contributed by atoms with E-state index in [1.54, 1.807) is 13.0 Å². The summed E-state index contributed by atoms with van der Waals surface area (Å²) in [5, 5.41) is 0. The molecule has 0 aromatic heterocycles. The van der Waals surface area contributed by atoms with Gasteiger partial charge in [-0.05, 0) is 6.92 Å². The molecule has 0 spiro atoms. The van der Waals surface area contributed by atoms with Crippen molar-refractivity contribution in [1.82, 2.24) is 0 Å². The van der Waals surface area contributed by atoms with Crippen molar-refractivity contribution in [1.29, 1.82) is 0 Å². The van der Waals surface area contributed by atoms with E-state index in [9.17, 15) is 4.79 Å². The predicted octanol–water partition coefficient (Wildman–Crippen LogP) is 1.68. The minimum Gasteiger partial charge on any atom is -0.493 e. The highest BCUT2D eigenvalue weighted by Gasteiger charge is 2.35. The number of fused-ring (bicyclic) bond motifs is 1. The van der Waals surface area contributed by atoms with E-state index in [1.165, 1.54) is 21.3 Å². The fourth-order valence-electron chi connectivity index (χ4n) is 1.91. The van der Waals surface area contributed by atoms with Crippen LogP contribution in [0.3, 0.4) is 0 Å². The lowest BCUT2D eigenvalue weighted by atomic mass is 10.1. The van der Waals surface area contributed by atoms with Crippen LogP contribution in [0.15, 0.2) is 6.07 Å². The zero-order valence-electron chi connectivity index (χ0n) is 10.2. The molecule has 0 amide bonds. The Bertz CT molecular complexity index is 466. The fourth-order valence-corrected chi connectivity index (χ4v) is 1.91. The third kappa shape index (κ3) is 1.58. The SMILES string of the molecule is COc1cc2c(c(OC)c1OC)C(=O)C(C)O2. The number of rotatable bonds is 3. The molecule has 1 atom stereocenters. The van der Waals surface area contributed by atoms with Gasteiger partial charge in [-0.3, -0.25) is 4.79 Å². The van der Waals surface area contributed by atoms with Gasteiger partial charge >= 0.3 is 0 Å². The van der Waals surface area contributed by atoms with Crippen molar-refractivity contribution in [3.63, 3.8) is 0 Å². The molecule has 0 aliphatic carbocycles. The maximum atomic E-state index is 11.9. The van der Waals surface area contributed by atoms with Gasteiger partial charge in [-0.15, -0.1) is 0 Å². The normalized spacial score (nSPS) is 17.4. The molecule has 0 saturated heterocycles. The zero-order valence-corrected chi connectivity index (χ0v) is 10.2. The van der Waals surface area contributed by atoms with Crippen molar-refractivity contribution >= 4 is 5.78 Å². The number of ketones is 1. The molecule has 2 rings (SSSR count). The van der Waals surface area contributed by atoms with E-state index in [2.05, 4.69) is 0 Å². The van der Waals surface area contributed by atoms with Gasteiger partial charge in [-0.1, -0.05) is 0 Å². The van der Waals surface area contributed by atoms with Crippen LogP contribution in [-0.2, 0) is 0 Å². The van der Waals surface area contributed by atoms with Crippen LogP contribution in [0.25, 0.3) is 0 Å². The average Bonchev–Trinajstić information content (AvgIpc) is 2.62. The van der Waals surface area contributed by atoms with Crippen LogP contribution in [0.1, 0.15) is 17.3 Å². The number of carbonyl (C=O) groups is 1. The van der Waals surface area contributed by atoms with Crippen molar-refractivity contribution in [2.75, 3.05) is 21.3 Å². The summed E-state index contributed by atoms with van der Waals surface area (Å²) >= 11 is 0. The van der Waals surface area contributed by atoms with Crippen LogP contribution in [0.2, 0.25) is 0 Å². The first-order valence-electron chi connectivity index (χ1n) is 5.17. The second-order valence-corrected chi connectivity index (χ2v) is 3.64. The summed E-state index contributed by atoms with van der Waals surface area (Å²) in [6.07, 6.45) is -0.504. The molecule has 1 heterocycles. The number of carbonyl (C=O) groups excluding carboxylic acids is 1. The number of Topliss-reactive ketones (excluding diaryl/α,β-unsaturated/α-hetero) is 1. The Morgan fingerprint density at radius 2 is 1.76 bits per heavy atom. The van der Waals surface area contributed by atoms with Crippen molar-refractivity contribution in [3.05, 3.63) is 11.6 Å². The van der Waals surface area contributed by atoms with E-state index in [0.29, 0.717) is 28.6 Å². The Labute approximate surface area is 99.2 Å². The average molecular weight is 238 g/mol. The lowest BCUT2D eigenvalue weighted by Crippen LogP contribution is -2.15. The molecule has 1 aliphatic heterocycles. The van der Waals surface area contributed by atoms with Crippen LogP contribution in [0.4, 0.5) is 0 Å². The number of methoxy groups -OCH3 is 3. The van der Waals surface area contributed by atoms with E-state index in [4.69, 9.17) is 18.9 Å². The van der Waals surface area contributed by atoms with Gasteiger partial charge in [0.15, 0.2) is 17.6 Å². The largest absolute Gasteiger partial charge is 0.493 e. The van der Waals surface area contributed by atoms with Crippen LogP contribution in [0.5, 0.6) is 23.0 Å². The monoisotopic (exact) mass is 238 g/mol. The zero-order chi connectivity index (χ0) is 12.6. The Balaban J connectivity index is 2.69. The van der Waals surface area contributed by atoms with E-state index >= 15 is 0 Å². The molecule has 17 heavy (non-hydrogen) atoms. The van der Waals surface area contributed by atoms with Crippen molar-refractivity contribution < 1.29 is 23.7 Å². The smallest absolute Gasteiger partial charge is 0.210 e. The molecule has 0 N–H and O–H groups in total. The standard InChI is InChI=1S/C12H14O5/c1-6-10(13)9-7(17-6)5-8(14-2)11(15-3)12(9)16-4/h5-6H,1-4H3. The molecule has 0 saturated carbocycles. The van der Waals surface area contributed by atoms with Crippen molar-refractivity contribution in [2.24, 2.45) is 0 Å². The maximum Gasteiger partial charge on any atom is 0.210 e. The van der Waals surface area contributed by atoms with Gasteiger partial charge in [0.2, 0.25) is 11.5 Å². The van der Waals surface area contributed by atoms with Gasteiger partial charge in [0.05, 0.1) is 21.3 Å². The van der Waals surface area contributed by atoms with E-state index in [0.717, 1.165) is 0 Å². The molecule has 1 aromatic rings. The second-order valence-electron chi connectivity index (χ2n) is 3.64. The highest BCUT2D eigenvalue weighted by Crippen LogP contribution is 2.48. The molecule has 0 bridgehead atoms. The number of ether oxygens (including phenoxy) is 4. The molecule has 1 unspecified atom stereocenters. The first kappa shape index (κ1) is 11.6. The molecule has 92 valence electrons. The summed E-state index contributed by atoms with van der Waals surface area (Å²) < 4.78 is 21.1. The van der Waals surface area contributed by atoms with Gasteiger partial charge in [0.1, 0.15) is 11.3 Å². The van der Waals surface area contributed by atoms with Crippen molar-refractivity contribution in [2.45, 2.75) is 13.0 Å². The molecular formula is C12H14O5. The third-order valence-corrected chi connectivity index (χ3v) is 2.71. The van der Waals surface area contributed by atoms with Crippen molar-refractivity contribution in [3.8, 4) is 23.0 Å². The van der Waals surface area contributed by atoms with Gasteiger partial charge in [0, 0.05) is 6.07 Å². The second kappa shape index (κ2) is 4.16. The number of hydrogen-bond donors (Lipinski definition) is 0. The lowest BCUT2D eigenvalue weighted by molar-refractivity contribution is 0.0877. The molecule has 1 aliphatic rings. The van der Waals surface area contributed by atoms with Crippen LogP contribution in [-0.4, -0.2) is 33.2 Å². The Kier molecular flexibility index (Phi) is 2.83. The minimum atomic E-state index is -0.504. The van der Waals surface area contributed by atoms with Gasteiger partial charge in [-0.25, -0.2) is 0 Å². The molecule has 1 aromatic carbocycles. The highest BCUT2D eigenvalue weighted by molar-refractivity contribution is 6.07. The summed E-state index contributed by atoms with van der Waals surface area (Å²) in [7, 11) is 4.49. The molecule has 5 heteroatoms. The van der Waals surface area contributed by atoms with E-state index in [1.807, 2.05) is 0 Å². The first-order chi connectivity index (χ1) is 8.13. The summed E-state index contributed by atoms with van der Waals surface area (Å²) in [4.78, 5) is 11.9. The first-order valence-corrected chi connectivity index (χ1v) is 5.17. The maximum absolute atomic E-state index is 11.9. The number of hydrogen-bond acceptors (Lipinski definition) is 5. The van der Waals surface area contributed by atoms with Gasteiger partial charge in [-0.2, -0.15) is 0 Å². The lowest BCUT2D eigenvalue weighted by Gasteiger charge is -2.14. The van der Waals surface area contributed by atoms with Gasteiger partial charge in [0.25, 0.3) is 0 Å². The highest BCUT2D eigenvalue weighted by atomic mass is 16.5. The fraction of sp³-hybridized carbons (Fsp3) is 0.417. The third-order valence-electron chi connectivity index (χ3n) is 2.71. The van der Waals surface area contributed by atoms with Crippen LogP contribution < -0.4 is 18.9 Å². The minimum absolute atomic E-state index is 0.113. The summed E-state index contributed by atoms with van der Waals surface area (Å²) in [5.74, 6) is 1.59. The van der Waals surface area contributed by atoms with Crippen LogP contribution in [0, 0.1) is 0 Å². The van der Waals surface area contributed by atoms with E-state index in [-0.39, 0.29) is 5.78 Å². The molecule has 0 fully saturated rings. The summed E-state index contributed by atoms with van der Waals surface area (Å²) in [5.41, 5.74) is 0.414. The topological polar surface area (TPSA) is 54.0 Å². The van der Waals surface area contributed by atoms with E-state index < -0.39 is 6.10 Å². The quantitative estimate of drug-likeness (QED) is 0.801. The summed E-state index contributed by atoms with van der Waals surface area (Å²) in [6, 6.07) is 1.64. The summed E-state index contributed by atoms with van der Waals surface area (Å²) in [6.45, 7) is 1.70. The Hall–Kier alpha value is -1.91. The Morgan fingerprint density at radius 1 is 1.12 bits per heavy atom. The van der Waals surface area contributed by atoms with Gasteiger partial charge < -0.3 is 18.9 Å². The van der Waals surface area contributed by atoms with Crippen LogP contribution >= 0.6 is 0 Å².